The number of piperazine rings is 1. The summed E-state index contributed by atoms with van der Waals surface area (Å²) >= 11 is 1.67. The molecule has 0 N–H and O–H groups in total. The predicted octanol–water partition coefficient (Wildman–Crippen LogP) is 3.00. The monoisotopic (exact) mass is 482 g/mol. The summed E-state index contributed by atoms with van der Waals surface area (Å²) in [5.41, 5.74) is 1.26. The van der Waals surface area contributed by atoms with Gasteiger partial charge in [0.05, 0.1) is 12.0 Å². The number of ether oxygens (including phenoxy) is 2. The van der Waals surface area contributed by atoms with Gasteiger partial charge in [-0.2, -0.15) is 0 Å². The van der Waals surface area contributed by atoms with Crippen LogP contribution >= 0.6 is 11.3 Å². The van der Waals surface area contributed by atoms with Crippen molar-refractivity contribution in [3.63, 3.8) is 0 Å². The van der Waals surface area contributed by atoms with Gasteiger partial charge in [0.1, 0.15) is 16.3 Å². The molecule has 1 aromatic carbocycles. The molecule has 0 saturated carbocycles. The van der Waals surface area contributed by atoms with Crippen molar-refractivity contribution in [2.75, 3.05) is 44.3 Å². The van der Waals surface area contributed by atoms with Crippen LogP contribution in [0.4, 0.5) is 5.95 Å². The van der Waals surface area contributed by atoms with Gasteiger partial charge < -0.3 is 19.3 Å². The summed E-state index contributed by atoms with van der Waals surface area (Å²) in [6.07, 6.45) is 4.35. The molecule has 1 aliphatic carbocycles. The van der Waals surface area contributed by atoms with Gasteiger partial charge in [0.2, 0.25) is 5.95 Å². The van der Waals surface area contributed by atoms with Crippen LogP contribution in [0.3, 0.4) is 0 Å². The summed E-state index contributed by atoms with van der Waals surface area (Å²) in [4.78, 5) is 36.9. The maximum absolute atomic E-state index is 13.2. The Kier molecular flexibility index (Phi) is 6.45. The first-order chi connectivity index (χ1) is 16.5. The van der Waals surface area contributed by atoms with Crippen molar-refractivity contribution in [2.24, 2.45) is 7.05 Å². The van der Waals surface area contributed by atoms with E-state index in [0.717, 1.165) is 35.2 Å². The molecule has 34 heavy (non-hydrogen) atoms. The molecule has 0 radical (unpaired) electrons. The predicted molar refractivity (Wildman–Crippen MR) is 133 cm³/mol. The normalized spacial score (nSPS) is 15.9. The average Bonchev–Trinajstić information content (AvgIpc) is 3.24. The van der Waals surface area contributed by atoms with Crippen molar-refractivity contribution in [1.29, 1.82) is 0 Å². The number of aromatic nitrogens is 2. The van der Waals surface area contributed by atoms with Crippen molar-refractivity contribution in [3.8, 4) is 11.5 Å². The molecule has 1 amide bonds. The molecule has 2 aromatic heterocycles. The SMILES string of the molecule is CCOc1ccc(OCC(=O)N2CCN(c3nc4sc5c(c4c(=O)n3C)CCCC5)CC2)cc1. The van der Waals surface area contributed by atoms with Gasteiger partial charge in [0.15, 0.2) is 6.61 Å². The van der Waals surface area contributed by atoms with Gasteiger partial charge in [-0.1, -0.05) is 0 Å². The van der Waals surface area contributed by atoms with E-state index < -0.39 is 0 Å². The summed E-state index contributed by atoms with van der Waals surface area (Å²) in [7, 11) is 1.80. The second-order valence-electron chi connectivity index (χ2n) is 8.73. The lowest BCUT2D eigenvalue weighted by atomic mass is 9.97. The minimum atomic E-state index is -0.0447. The van der Waals surface area contributed by atoms with Gasteiger partial charge >= 0.3 is 0 Å². The second-order valence-corrected chi connectivity index (χ2v) is 9.81. The van der Waals surface area contributed by atoms with Crippen LogP contribution in [-0.2, 0) is 24.7 Å². The Labute approximate surface area is 202 Å². The third-order valence-corrected chi connectivity index (χ3v) is 7.77. The number of carbonyl (C=O) groups is 1. The van der Waals surface area contributed by atoms with Crippen molar-refractivity contribution in [1.82, 2.24) is 14.5 Å². The number of benzene rings is 1. The molecule has 0 spiro atoms. The molecular formula is C25H30N4O4S. The summed E-state index contributed by atoms with van der Waals surface area (Å²) in [6.45, 7) is 4.94. The van der Waals surface area contributed by atoms with Crippen LogP contribution < -0.4 is 19.9 Å². The van der Waals surface area contributed by atoms with Gasteiger partial charge in [-0.05, 0) is 62.4 Å². The second kappa shape index (κ2) is 9.66. The van der Waals surface area contributed by atoms with Crippen LogP contribution in [-0.4, -0.2) is 59.8 Å². The zero-order chi connectivity index (χ0) is 23.7. The van der Waals surface area contributed by atoms with E-state index in [0.29, 0.717) is 44.5 Å². The third-order valence-electron chi connectivity index (χ3n) is 6.59. The standard InChI is InChI=1S/C25H30N4O4S/c1-3-32-17-8-10-18(11-9-17)33-16-21(30)28-12-14-29(15-13-28)25-26-23-22(24(31)27(25)2)19-6-4-5-7-20(19)34-23/h8-11H,3-7,12-16H2,1-2H3. The number of aryl methyl sites for hydroxylation is 2. The number of thiophene rings is 1. The molecule has 1 aliphatic heterocycles. The van der Waals surface area contributed by atoms with E-state index >= 15 is 0 Å². The lowest BCUT2D eigenvalue weighted by molar-refractivity contribution is -0.133. The highest BCUT2D eigenvalue weighted by molar-refractivity contribution is 7.18. The van der Waals surface area contributed by atoms with E-state index in [1.165, 1.54) is 16.9 Å². The van der Waals surface area contributed by atoms with Crippen LogP contribution in [0.15, 0.2) is 29.1 Å². The Morgan fingerprint density at radius 3 is 2.41 bits per heavy atom. The Morgan fingerprint density at radius 1 is 1.03 bits per heavy atom. The third kappa shape index (κ3) is 4.36. The van der Waals surface area contributed by atoms with Crippen molar-refractivity contribution >= 4 is 33.4 Å². The van der Waals surface area contributed by atoms with Crippen LogP contribution in [0.1, 0.15) is 30.2 Å². The fourth-order valence-corrected chi connectivity index (χ4v) is 6.00. The Morgan fingerprint density at radius 2 is 1.71 bits per heavy atom. The zero-order valence-corrected chi connectivity index (χ0v) is 20.5. The van der Waals surface area contributed by atoms with Crippen molar-refractivity contribution < 1.29 is 14.3 Å². The number of anilines is 1. The van der Waals surface area contributed by atoms with Crippen LogP contribution in [0.5, 0.6) is 11.5 Å². The molecule has 1 fully saturated rings. The lowest BCUT2D eigenvalue weighted by Gasteiger charge is -2.35. The van der Waals surface area contributed by atoms with Crippen LogP contribution in [0.25, 0.3) is 10.2 Å². The summed E-state index contributed by atoms with van der Waals surface area (Å²) < 4.78 is 12.8. The van der Waals surface area contributed by atoms with E-state index in [1.807, 2.05) is 24.0 Å². The number of nitrogens with zero attached hydrogens (tertiary/aromatic N) is 4. The van der Waals surface area contributed by atoms with E-state index in [2.05, 4.69) is 4.90 Å². The Balaban J connectivity index is 1.22. The smallest absolute Gasteiger partial charge is 0.263 e. The van der Waals surface area contributed by atoms with Crippen molar-refractivity contribution in [2.45, 2.75) is 32.6 Å². The zero-order valence-electron chi connectivity index (χ0n) is 19.7. The van der Waals surface area contributed by atoms with E-state index in [4.69, 9.17) is 14.5 Å². The molecule has 0 unspecified atom stereocenters. The molecule has 5 rings (SSSR count). The summed E-state index contributed by atoms with van der Waals surface area (Å²) in [5.74, 6) is 2.06. The molecule has 0 atom stereocenters. The van der Waals surface area contributed by atoms with Crippen LogP contribution in [0, 0.1) is 0 Å². The average molecular weight is 483 g/mol. The van der Waals surface area contributed by atoms with Gasteiger partial charge in [-0.3, -0.25) is 14.2 Å². The topological polar surface area (TPSA) is 76.9 Å². The molecule has 1 saturated heterocycles. The Hall–Kier alpha value is -3.07. The fourth-order valence-electron chi connectivity index (χ4n) is 4.75. The van der Waals surface area contributed by atoms with E-state index in [9.17, 15) is 9.59 Å². The van der Waals surface area contributed by atoms with Crippen molar-refractivity contribution in [3.05, 3.63) is 45.1 Å². The number of hydrogen-bond acceptors (Lipinski definition) is 7. The summed E-state index contributed by atoms with van der Waals surface area (Å²) in [5, 5.41) is 0.811. The molecular weight excluding hydrogens is 452 g/mol. The van der Waals surface area contributed by atoms with Crippen LogP contribution in [0.2, 0.25) is 0 Å². The first-order valence-corrected chi connectivity index (χ1v) is 12.8. The highest BCUT2D eigenvalue weighted by Gasteiger charge is 2.26. The lowest BCUT2D eigenvalue weighted by Crippen LogP contribution is -2.51. The number of fused-ring (bicyclic) bond motifs is 3. The van der Waals surface area contributed by atoms with Gasteiger partial charge in [0, 0.05) is 38.1 Å². The van der Waals surface area contributed by atoms with Gasteiger partial charge in [0.25, 0.3) is 11.5 Å². The maximum Gasteiger partial charge on any atom is 0.263 e. The molecule has 8 nitrogen and oxygen atoms in total. The highest BCUT2D eigenvalue weighted by atomic mass is 32.1. The molecule has 0 bridgehead atoms. The van der Waals surface area contributed by atoms with Gasteiger partial charge in [-0.15, -0.1) is 11.3 Å². The number of hydrogen-bond donors (Lipinski definition) is 0. The maximum atomic E-state index is 13.2. The fraction of sp³-hybridized carbons (Fsp3) is 0.480. The molecule has 2 aliphatic rings. The minimum Gasteiger partial charge on any atom is -0.494 e. The molecule has 9 heteroatoms. The first kappa shape index (κ1) is 22.7. The quantitative estimate of drug-likeness (QED) is 0.538. The number of rotatable bonds is 6. The van der Waals surface area contributed by atoms with Gasteiger partial charge in [-0.25, -0.2) is 4.98 Å². The number of amides is 1. The summed E-state index contributed by atoms with van der Waals surface area (Å²) in [6, 6.07) is 7.28. The highest BCUT2D eigenvalue weighted by Crippen LogP contribution is 2.34. The van der Waals surface area contributed by atoms with E-state index in [-0.39, 0.29) is 18.1 Å². The largest absolute Gasteiger partial charge is 0.494 e. The number of carbonyl (C=O) groups excluding carboxylic acids is 1. The first-order valence-electron chi connectivity index (χ1n) is 11.9. The molecule has 180 valence electrons. The molecule has 3 aromatic rings. The minimum absolute atomic E-state index is 0.00255. The Bertz CT molecular complexity index is 1240. The molecule has 3 heterocycles. The van der Waals surface area contributed by atoms with E-state index in [1.54, 1.807) is 35.1 Å².